The lowest BCUT2D eigenvalue weighted by Crippen LogP contribution is -1.94. The molecular formula is C12H11FN2S. The third-order valence-corrected chi connectivity index (χ3v) is 2.97. The van der Waals surface area contributed by atoms with Gasteiger partial charge in [-0.3, -0.25) is 0 Å². The van der Waals surface area contributed by atoms with Crippen molar-refractivity contribution in [2.24, 2.45) is 0 Å². The fourth-order valence-corrected chi connectivity index (χ4v) is 1.77. The molecule has 0 radical (unpaired) electrons. The highest BCUT2D eigenvalue weighted by molar-refractivity contribution is 7.71. The first-order chi connectivity index (χ1) is 7.59. The van der Waals surface area contributed by atoms with Crippen LogP contribution in [0.3, 0.4) is 0 Å². The van der Waals surface area contributed by atoms with E-state index in [9.17, 15) is 4.39 Å². The lowest BCUT2D eigenvalue weighted by atomic mass is 10.0. The van der Waals surface area contributed by atoms with Crippen LogP contribution in [0.4, 0.5) is 4.39 Å². The minimum absolute atomic E-state index is 0.254. The van der Waals surface area contributed by atoms with Crippen molar-refractivity contribution in [2.75, 3.05) is 0 Å². The number of aryl methyl sites for hydroxylation is 1. The summed E-state index contributed by atoms with van der Waals surface area (Å²) in [6, 6.07) is 4.70. The molecule has 0 saturated carbocycles. The first-order valence-electron chi connectivity index (χ1n) is 4.90. The molecule has 0 saturated heterocycles. The molecule has 1 aromatic carbocycles. The van der Waals surface area contributed by atoms with Crippen molar-refractivity contribution >= 4 is 12.2 Å². The van der Waals surface area contributed by atoms with Gasteiger partial charge in [-0.1, -0.05) is 18.3 Å². The fraction of sp³-hybridized carbons (Fsp3) is 0.167. The number of nitrogens with zero attached hydrogens (tertiary/aromatic N) is 1. The molecule has 1 heterocycles. The summed E-state index contributed by atoms with van der Waals surface area (Å²) in [6.07, 6.45) is 1.54. The van der Waals surface area contributed by atoms with Crippen LogP contribution in [0.25, 0.3) is 11.3 Å². The molecule has 0 bridgehead atoms. The van der Waals surface area contributed by atoms with Gasteiger partial charge >= 0.3 is 0 Å². The second-order valence-electron chi connectivity index (χ2n) is 3.67. The minimum Gasteiger partial charge on any atom is -0.346 e. The van der Waals surface area contributed by atoms with Gasteiger partial charge in [-0.25, -0.2) is 9.37 Å². The fourth-order valence-electron chi connectivity index (χ4n) is 1.61. The lowest BCUT2D eigenvalue weighted by molar-refractivity contribution is 0.628. The summed E-state index contributed by atoms with van der Waals surface area (Å²) in [5.41, 5.74) is 3.52. The molecule has 1 aromatic heterocycles. The molecular weight excluding hydrogens is 223 g/mol. The third kappa shape index (κ3) is 1.88. The summed E-state index contributed by atoms with van der Waals surface area (Å²) in [5.74, 6) is -0.254. The molecule has 0 fully saturated rings. The monoisotopic (exact) mass is 234 g/mol. The molecule has 4 heteroatoms. The molecule has 0 atom stereocenters. The smallest absolute Gasteiger partial charge is 0.132 e. The van der Waals surface area contributed by atoms with E-state index in [0.29, 0.717) is 4.64 Å². The Bertz CT molecular complexity index is 590. The minimum atomic E-state index is -0.254. The Morgan fingerprint density at radius 2 is 2.06 bits per heavy atom. The molecule has 2 rings (SSSR count). The van der Waals surface area contributed by atoms with E-state index in [2.05, 4.69) is 9.97 Å². The van der Waals surface area contributed by atoms with Gasteiger partial charge in [-0.2, -0.15) is 0 Å². The Morgan fingerprint density at radius 1 is 1.31 bits per heavy atom. The number of aromatic amines is 1. The zero-order valence-electron chi connectivity index (χ0n) is 9.04. The number of H-pyrrole nitrogens is 1. The van der Waals surface area contributed by atoms with E-state index in [-0.39, 0.29) is 5.82 Å². The molecule has 16 heavy (non-hydrogen) atoms. The third-order valence-electron chi connectivity index (χ3n) is 2.56. The van der Waals surface area contributed by atoms with E-state index < -0.39 is 0 Å². The summed E-state index contributed by atoms with van der Waals surface area (Å²) < 4.78 is 13.7. The molecule has 0 aliphatic heterocycles. The zero-order chi connectivity index (χ0) is 11.7. The Labute approximate surface area is 98.2 Å². The maximum atomic E-state index is 13.2. The highest BCUT2D eigenvalue weighted by atomic mass is 32.1. The van der Waals surface area contributed by atoms with E-state index in [4.69, 9.17) is 12.2 Å². The number of halogens is 1. The van der Waals surface area contributed by atoms with Crippen LogP contribution >= 0.6 is 12.2 Å². The van der Waals surface area contributed by atoms with E-state index in [1.54, 1.807) is 6.07 Å². The first kappa shape index (κ1) is 11.0. The van der Waals surface area contributed by atoms with Gasteiger partial charge in [0.05, 0.1) is 12.0 Å². The number of rotatable bonds is 1. The molecule has 0 aliphatic carbocycles. The molecule has 2 nitrogen and oxygen atoms in total. The van der Waals surface area contributed by atoms with Crippen LogP contribution < -0.4 is 0 Å². The zero-order valence-corrected chi connectivity index (χ0v) is 9.86. The second kappa shape index (κ2) is 4.14. The number of hydrogen-bond donors (Lipinski definition) is 1. The molecule has 2 aromatic rings. The Kier molecular flexibility index (Phi) is 2.83. The lowest BCUT2D eigenvalue weighted by Gasteiger charge is -2.08. The van der Waals surface area contributed by atoms with Gasteiger partial charge in [0.1, 0.15) is 10.5 Å². The SMILES string of the molecule is Cc1ccc(F)cc1-c1[nH]cnc(=S)c1C. The topological polar surface area (TPSA) is 28.7 Å². The summed E-state index contributed by atoms with van der Waals surface area (Å²) >= 11 is 5.09. The average Bonchev–Trinajstić information content (AvgIpc) is 2.26. The van der Waals surface area contributed by atoms with E-state index >= 15 is 0 Å². The first-order valence-corrected chi connectivity index (χ1v) is 5.31. The molecule has 0 unspecified atom stereocenters. The standard InChI is InChI=1S/C12H11FN2S/c1-7-3-4-9(13)5-10(7)11-8(2)12(16)15-6-14-11/h3-6H,1-2H3,(H,14,15,16). The summed E-state index contributed by atoms with van der Waals surface area (Å²) in [5, 5.41) is 0. The second-order valence-corrected chi connectivity index (χ2v) is 4.05. The van der Waals surface area contributed by atoms with Crippen molar-refractivity contribution in [3.05, 3.63) is 46.1 Å². The maximum Gasteiger partial charge on any atom is 0.132 e. The van der Waals surface area contributed by atoms with Crippen LogP contribution in [0, 0.1) is 24.3 Å². The maximum absolute atomic E-state index is 13.2. The molecule has 82 valence electrons. The van der Waals surface area contributed by atoms with Gasteiger partial charge in [0.15, 0.2) is 0 Å². The van der Waals surface area contributed by atoms with Gasteiger partial charge in [-0.15, -0.1) is 0 Å². The van der Waals surface area contributed by atoms with Gasteiger partial charge in [0.25, 0.3) is 0 Å². The average molecular weight is 234 g/mol. The Balaban J connectivity index is 2.72. The summed E-state index contributed by atoms with van der Waals surface area (Å²) in [4.78, 5) is 7.00. The van der Waals surface area contributed by atoms with Crippen LogP contribution in [0.1, 0.15) is 11.1 Å². The Morgan fingerprint density at radius 3 is 2.81 bits per heavy atom. The Hall–Kier alpha value is -1.55. The van der Waals surface area contributed by atoms with Crippen LogP contribution in [0.2, 0.25) is 0 Å². The van der Waals surface area contributed by atoms with Gasteiger partial charge < -0.3 is 4.98 Å². The van der Waals surface area contributed by atoms with Crippen molar-refractivity contribution in [3.8, 4) is 11.3 Å². The van der Waals surface area contributed by atoms with Gasteiger partial charge in [-0.05, 0) is 31.5 Å². The number of hydrogen-bond acceptors (Lipinski definition) is 2. The van der Waals surface area contributed by atoms with Gasteiger partial charge in [0, 0.05) is 11.1 Å². The normalized spacial score (nSPS) is 10.4. The van der Waals surface area contributed by atoms with Crippen LogP contribution in [-0.2, 0) is 0 Å². The predicted octanol–water partition coefficient (Wildman–Crippen LogP) is 3.56. The highest BCUT2D eigenvalue weighted by Gasteiger charge is 2.07. The number of nitrogens with one attached hydrogen (secondary N) is 1. The van der Waals surface area contributed by atoms with Crippen LogP contribution in [0.5, 0.6) is 0 Å². The van der Waals surface area contributed by atoms with Crippen molar-refractivity contribution in [3.63, 3.8) is 0 Å². The van der Waals surface area contributed by atoms with Crippen molar-refractivity contribution < 1.29 is 4.39 Å². The predicted molar refractivity (Wildman–Crippen MR) is 64.3 cm³/mol. The molecule has 0 aliphatic rings. The van der Waals surface area contributed by atoms with E-state index in [1.807, 2.05) is 13.8 Å². The molecule has 0 amide bonds. The van der Waals surface area contributed by atoms with E-state index in [1.165, 1.54) is 18.5 Å². The van der Waals surface area contributed by atoms with Crippen molar-refractivity contribution in [2.45, 2.75) is 13.8 Å². The van der Waals surface area contributed by atoms with Crippen molar-refractivity contribution in [1.82, 2.24) is 9.97 Å². The molecule has 1 N–H and O–H groups in total. The summed E-state index contributed by atoms with van der Waals surface area (Å²) in [6.45, 7) is 3.82. The number of aromatic nitrogens is 2. The number of benzene rings is 1. The highest BCUT2D eigenvalue weighted by Crippen LogP contribution is 2.24. The van der Waals surface area contributed by atoms with E-state index in [0.717, 1.165) is 22.4 Å². The van der Waals surface area contributed by atoms with Gasteiger partial charge in [0.2, 0.25) is 0 Å². The van der Waals surface area contributed by atoms with Crippen molar-refractivity contribution in [1.29, 1.82) is 0 Å². The largest absolute Gasteiger partial charge is 0.346 e. The quantitative estimate of drug-likeness (QED) is 0.764. The summed E-state index contributed by atoms with van der Waals surface area (Å²) in [7, 11) is 0. The van der Waals surface area contributed by atoms with Crippen LogP contribution in [0.15, 0.2) is 24.5 Å². The van der Waals surface area contributed by atoms with Crippen LogP contribution in [-0.4, -0.2) is 9.97 Å². The molecule has 0 spiro atoms.